The number of carbonyl (C=O) groups is 8. The summed E-state index contributed by atoms with van der Waals surface area (Å²) in [5.41, 5.74) is 0. The predicted molar refractivity (Wildman–Crippen MR) is 116 cm³/mol. The normalized spacial score (nSPS) is 9.73. The number of carboxylic acid groups (broad SMARTS) is 8. The summed E-state index contributed by atoms with van der Waals surface area (Å²) in [5.74, 6) is -12.1. The van der Waals surface area contributed by atoms with Gasteiger partial charge >= 0.3 is 75.5 Å². The van der Waals surface area contributed by atoms with Crippen LogP contribution in [0.4, 0.5) is 0 Å². The largest absolute Gasteiger partial charge is 2.00 e. The molecule has 0 bridgehead atoms. The van der Waals surface area contributed by atoms with E-state index < -0.39 is 100 Å². The monoisotopic (exact) mass is 727 g/mol. The zero-order valence-electron chi connectivity index (χ0n) is 23.0. The zero-order chi connectivity index (χ0) is 31.4. The van der Waals surface area contributed by atoms with Gasteiger partial charge in [-0.2, -0.15) is 0 Å². The Labute approximate surface area is 322 Å². The number of carboxylic acids is 8. The van der Waals surface area contributed by atoms with Gasteiger partial charge in [0, 0.05) is 58.9 Å². The van der Waals surface area contributed by atoms with Gasteiger partial charge in [0.15, 0.2) is 0 Å². The molecule has 244 valence electrons. The van der Waals surface area contributed by atoms with Crippen LogP contribution in [-0.4, -0.2) is 216 Å². The van der Waals surface area contributed by atoms with Gasteiger partial charge in [-0.15, -0.1) is 0 Å². The third-order valence-electron chi connectivity index (χ3n) is 4.42. The predicted octanol–water partition coefficient (Wildman–Crippen LogP) is -23.0. The van der Waals surface area contributed by atoms with Gasteiger partial charge in [0.05, 0.1) is 54.3 Å². The van der Waals surface area contributed by atoms with Gasteiger partial charge in [0.1, 0.15) is 13.1 Å². The summed E-state index contributed by atoms with van der Waals surface area (Å²) in [7, 11) is 0. The molecule has 0 aromatic carbocycles. The number of hydrogen-bond acceptors (Lipinski definition) is 19. The van der Waals surface area contributed by atoms with Gasteiger partial charge in [-0.3, -0.25) is 14.7 Å². The van der Waals surface area contributed by atoms with Gasteiger partial charge in [-0.25, -0.2) is 0 Å². The smallest absolute Gasteiger partial charge is 1.00 e. The van der Waals surface area contributed by atoms with Crippen molar-refractivity contribution in [2.45, 2.75) is 0 Å². The van der Waals surface area contributed by atoms with Crippen molar-refractivity contribution in [3.05, 3.63) is 0 Å². The second-order valence-electron chi connectivity index (χ2n) is 7.96. The average molecular weight is 728 g/mol. The van der Waals surface area contributed by atoms with Crippen molar-refractivity contribution in [3.63, 3.8) is 0 Å². The first-order valence-electron chi connectivity index (χ1n) is 11.0. The Hall–Kier alpha value is -1.30. The van der Waals surface area contributed by atoms with E-state index in [1.54, 1.807) is 0 Å². The second kappa shape index (κ2) is 31.7. The van der Waals surface area contributed by atoms with E-state index >= 15 is 0 Å². The molecule has 0 rings (SSSR count). The van der Waals surface area contributed by atoms with Crippen molar-refractivity contribution in [2.24, 2.45) is 0 Å². The van der Waals surface area contributed by atoms with Crippen LogP contribution in [0.5, 0.6) is 0 Å². The molecule has 0 saturated carbocycles. The molecule has 44 heavy (non-hydrogen) atoms. The Morgan fingerprint density at radius 3 is 0.773 bits per heavy atom. The molecule has 24 heteroatoms. The molecule has 0 aromatic heterocycles. The van der Waals surface area contributed by atoms with E-state index in [1.807, 2.05) is 0 Å². The minimum atomic E-state index is -1.53. The van der Waals surface area contributed by atoms with Crippen molar-refractivity contribution in [1.82, 2.24) is 14.7 Å². The molecule has 0 atom stereocenters. The van der Waals surface area contributed by atoms with Crippen LogP contribution < -0.4 is 70.6 Å². The Bertz CT molecular complexity index is 726. The summed E-state index contributed by atoms with van der Waals surface area (Å²) in [4.78, 5) is 86.1. The van der Waals surface area contributed by atoms with Crippen molar-refractivity contribution in [3.8, 4) is 0 Å². The maximum absolute atomic E-state index is 10.4. The standard InChI is InChI=1S/2C10H16N2O8.2Ca.2ClH/c2*13-7(14)3-11(4-8(15)16)1-2-12(5-9(17)18)6-10(19)20;;;;/h2*1-6H2,(H,13,14)(H,15,16)(H,17,18)(H,19,20);;;2*1H/q;;2*+2;;/p-9. The fourth-order valence-electron chi connectivity index (χ4n) is 2.98. The van der Waals surface area contributed by atoms with Crippen molar-refractivity contribution >= 4 is 123 Å². The Morgan fingerprint density at radius 1 is 0.386 bits per heavy atom. The van der Waals surface area contributed by atoms with Gasteiger partial charge in [0.2, 0.25) is 0 Å². The van der Waals surface area contributed by atoms with E-state index in [4.69, 9.17) is 0 Å². The van der Waals surface area contributed by atoms with Crippen LogP contribution in [0, 0.1) is 0 Å². The van der Waals surface area contributed by atoms with E-state index in [0.29, 0.717) is 0 Å². The summed E-state index contributed by atoms with van der Waals surface area (Å²) in [5, 5.41) is 83.3. The van der Waals surface area contributed by atoms with Gasteiger partial charge in [-0.1, -0.05) is 0 Å². The van der Waals surface area contributed by atoms with Crippen LogP contribution in [0.1, 0.15) is 0 Å². The van der Waals surface area contributed by atoms with Crippen LogP contribution in [0.25, 0.3) is 0 Å². The molecule has 0 heterocycles. The third-order valence-corrected chi connectivity index (χ3v) is 4.42. The second-order valence-corrected chi connectivity index (χ2v) is 7.96. The number of aliphatic carboxylic acids is 8. The minimum absolute atomic E-state index is 0. The molecule has 20 nitrogen and oxygen atoms in total. The topological polar surface area (TPSA) is 335 Å². The Balaban J connectivity index is -0.000000150. The first-order chi connectivity index (χ1) is 18.4. The molecule has 0 aliphatic carbocycles. The maximum Gasteiger partial charge on any atom is 2.00 e. The minimum Gasteiger partial charge on any atom is -1.00 e. The fourth-order valence-corrected chi connectivity index (χ4v) is 2.98. The molecule has 0 unspecified atom stereocenters. The quantitative estimate of drug-likeness (QED) is 0.101. The number of hydrogen-bond donors (Lipinski definition) is 1. The number of nitrogens with zero attached hydrogens (tertiary/aromatic N) is 3. The molecule has 0 amide bonds. The van der Waals surface area contributed by atoms with Crippen LogP contribution in [0.15, 0.2) is 0 Å². The fraction of sp³-hybridized carbons (Fsp3) is 0.600. The SMILES string of the molecule is O=C([O-])CN(CCN(CC(=O)[O-])CC(=O)[O-])CC(=O)[O-].O=C([O-])CN(CC[NH+](CC(=O)[O-])CC(=O)[O-])CC(=O)[O-].[Ca+2].[Ca+2].[Cl-].[Cl-]. The first-order valence-corrected chi connectivity index (χ1v) is 11.0. The molecular weight excluding hydrogens is 703 g/mol. The van der Waals surface area contributed by atoms with Gasteiger partial charge in [-0.05, 0) is 0 Å². The molecule has 0 spiro atoms. The van der Waals surface area contributed by atoms with Crippen LogP contribution in [-0.2, 0) is 38.4 Å². The average Bonchev–Trinajstić information content (AvgIpc) is 2.72. The van der Waals surface area contributed by atoms with Crippen molar-refractivity contribution < 1.29 is 109 Å². The van der Waals surface area contributed by atoms with Gasteiger partial charge in [0.25, 0.3) is 0 Å². The summed E-state index contributed by atoms with van der Waals surface area (Å²) in [6.45, 7) is -6.19. The Morgan fingerprint density at radius 2 is 0.591 bits per heavy atom. The summed E-state index contributed by atoms with van der Waals surface area (Å²) < 4.78 is 0. The number of carbonyl (C=O) groups excluding carboxylic acids is 8. The molecule has 1 N–H and O–H groups in total. The molecule has 0 radical (unpaired) electrons. The Kier molecular flexibility index (Phi) is 39.7. The summed E-state index contributed by atoms with van der Waals surface area (Å²) in [6, 6.07) is 0. The zero-order valence-corrected chi connectivity index (χ0v) is 29.0. The van der Waals surface area contributed by atoms with Crippen molar-refractivity contribution in [2.75, 3.05) is 78.5 Å². The van der Waals surface area contributed by atoms with E-state index in [0.717, 1.165) is 14.7 Å². The van der Waals surface area contributed by atoms with E-state index in [-0.39, 0.29) is 131 Å². The summed E-state index contributed by atoms with van der Waals surface area (Å²) in [6.07, 6.45) is 0. The van der Waals surface area contributed by atoms with E-state index in [1.165, 1.54) is 0 Å². The van der Waals surface area contributed by atoms with Crippen LogP contribution >= 0.6 is 0 Å². The van der Waals surface area contributed by atoms with Crippen LogP contribution in [0.3, 0.4) is 0 Å². The number of rotatable bonds is 22. The molecule has 0 saturated heterocycles. The van der Waals surface area contributed by atoms with E-state index in [2.05, 4.69) is 0 Å². The van der Waals surface area contributed by atoms with Crippen molar-refractivity contribution in [1.29, 1.82) is 0 Å². The third kappa shape index (κ3) is 38.7. The molecular formula is C20H25Ca2Cl2N4O16-5. The number of quaternary nitrogens is 1. The van der Waals surface area contributed by atoms with E-state index in [9.17, 15) is 79.2 Å². The molecule has 0 fully saturated rings. The van der Waals surface area contributed by atoms with Gasteiger partial charge < -0.3 is 109 Å². The molecule has 0 aliphatic rings. The molecule has 0 aliphatic heterocycles. The summed E-state index contributed by atoms with van der Waals surface area (Å²) >= 11 is 0. The molecule has 0 aromatic rings. The maximum atomic E-state index is 10.4. The number of nitrogens with one attached hydrogen (secondary N) is 1. The van der Waals surface area contributed by atoms with Crippen LogP contribution in [0.2, 0.25) is 0 Å². The number of halogens is 2. The first kappa shape index (κ1) is 55.1.